The molecule has 2 heterocycles. The molecule has 1 aromatic rings. The van der Waals surface area contributed by atoms with Gasteiger partial charge in [0.05, 0.1) is 25.4 Å². The van der Waals surface area contributed by atoms with Crippen LogP contribution in [0, 0.1) is 17.2 Å². The summed E-state index contributed by atoms with van der Waals surface area (Å²) in [5.41, 5.74) is -0.0629. The molecule has 0 saturated carbocycles. The third kappa shape index (κ3) is 2.07. The maximum atomic E-state index is 10.8. The van der Waals surface area contributed by atoms with Gasteiger partial charge in [-0.2, -0.15) is 5.26 Å². The van der Waals surface area contributed by atoms with Crippen molar-refractivity contribution in [1.82, 2.24) is 0 Å². The monoisotopic (exact) mass is 273 g/mol. The van der Waals surface area contributed by atoms with E-state index in [0.29, 0.717) is 19.6 Å². The van der Waals surface area contributed by atoms with Crippen LogP contribution in [0.5, 0.6) is 5.75 Å². The van der Waals surface area contributed by atoms with Gasteiger partial charge in [-0.25, -0.2) is 0 Å². The lowest BCUT2D eigenvalue weighted by Gasteiger charge is -2.41. The SMILES string of the molecule is N#CC1(C(O)C2CCCOC2)CCOc2ccccc21. The smallest absolute Gasteiger partial charge is 0.124 e. The van der Waals surface area contributed by atoms with Gasteiger partial charge in [0.1, 0.15) is 11.2 Å². The van der Waals surface area contributed by atoms with Crippen LogP contribution in [-0.2, 0) is 10.2 Å². The predicted octanol–water partition coefficient (Wildman–Crippen LogP) is 2.02. The van der Waals surface area contributed by atoms with Crippen LogP contribution >= 0.6 is 0 Å². The van der Waals surface area contributed by atoms with Gasteiger partial charge >= 0.3 is 0 Å². The first-order chi connectivity index (χ1) is 9.78. The number of hydrogen-bond acceptors (Lipinski definition) is 4. The Bertz CT molecular complexity index is 519. The predicted molar refractivity (Wildman–Crippen MR) is 73.4 cm³/mol. The highest BCUT2D eigenvalue weighted by molar-refractivity contribution is 5.46. The van der Waals surface area contributed by atoms with E-state index in [9.17, 15) is 10.4 Å². The number of aliphatic hydroxyl groups is 1. The van der Waals surface area contributed by atoms with Crippen molar-refractivity contribution in [2.75, 3.05) is 19.8 Å². The van der Waals surface area contributed by atoms with Gasteiger partial charge in [0.15, 0.2) is 0 Å². The minimum absolute atomic E-state index is 0.0227. The summed E-state index contributed by atoms with van der Waals surface area (Å²) in [6.45, 7) is 1.76. The molecule has 2 aliphatic heterocycles. The van der Waals surface area contributed by atoms with Crippen molar-refractivity contribution in [3.8, 4) is 11.8 Å². The minimum atomic E-state index is -0.875. The van der Waals surface area contributed by atoms with Gasteiger partial charge in [0.2, 0.25) is 0 Å². The Labute approximate surface area is 118 Å². The Morgan fingerprint density at radius 1 is 1.35 bits per heavy atom. The lowest BCUT2D eigenvalue weighted by atomic mass is 9.68. The molecule has 2 aliphatic rings. The Kier molecular flexibility index (Phi) is 3.64. The zero-order chi connectivity index (χ0) is 14.0. The van der Waals surface area contributed by atoms with Crippen molar-refractivity contribution in [2.24, 2.45) is 5.92 Å². The number of rotatable bonds is 2. The molecule has 106 valence electrons. The number of nitrogens with zero attached hydrogens (tertiary/aromatic N) is 1. The van der Waals surface area contributed by atoms with Gasteiger partial charge in [0.25, 0.3) is 0 Å². The van der Waals surface area contributed by atoms with Gasteiger partial charge in [-0.05, 0) is 18.9 Å². The standard InChI is InChI=1S/C16H19NO3/c17-11-16(15(18)12-4-3-8-19-10-12)7-9-20-14-6-2-1-5-13(14)16/h1-2,5-6,12,15,18H,3-4,7-10H2. The molecule has 0 amide bonds. The Balaban J connectivity index is 1.98. The minimum Gasteiger partial charge on any atom is -0.493 e. The van der Waals surface area contributed by atoms with E-state index in [0.717, 1.165) is 30.8 Å². The summed E-state index contributed by atoms with van der Waals surface area (Å²) in [6.07, 6.45) is 1.67. The quantitative estimate of drug-likeness (QED) is 0.895. The molecular weight excluding hydrogens is 254 g/mol. The number of hydrogen-bond donors (Lipinski definition) is 1. The summed E-state index contributed by atoms with van der Waals surface area (Å²) in [5, 5.41) is 20.6. The van der Waals surface area contributed by atoms with Crippen LogP contribution < -0.4 is 4.74 Å². The summed E-state index contributed by atoms with van der Waals surface area (Å²) in [4.78, 5) is 0. The normalized spacial score (nSPS) is 30.7. The van der Waals surface area contributed by atoms with Crippen LogP contribution in [0.25, 0.3) is 0 Å². The molecular formula is C16H19NO3. The average molecular weight is 273 g/mol. The number of fused-ring (bicyclic) bond motifs is 1. The number of para-hydroxylation sites is 1. The fourth-order valence-electron chi connectivity index (χ4n) is 3.32. The second-order valence-corrected chi connectivity index (χ2v) is 5.60. The van der Waals surface area contributed by atoms with E-state index in [1.807, 2.05) is 24.3 Å². The number of aliphatic hydroxyl groups excluding tert-OH is 1. The molecule has 0 bridgehead atoms. The van der Waals surface area contributed by atoms with Crippen molar-refractivity contribution in [2.45, 2.75) is 30.8 Å². The van der Waals surface area contributed by atoms with Crippen molar-refractivity contribution < 1.29 is 14.6 Å². The molecule has 1 saturated heterocycles. The Morgan fingerprint density at radius 2 is 2.20 bits per heavy atom. The molecule has 0 aromatic heterocycles. The van der Waals surface area contributed by atoms with Crippen LogP contribution in [-0.4, -0.2) is 31.0 Å². The number of benzene rings is 1. The molecule has 3 unspecified atom stereocenters. The van der Waals surface area contributed by atoms with Gasteiger partial charge in [0, 0.05) is 24.5 Å². The first-order valence-electron chi connectivity index (χ1n) is 7.17. The highest BCUT2D eigenvalue weighted by Gasteiger charge is 2.47. The lowest BCUT2D eigenvalue weighted by Crippen LogP contribution is -2.48. The fraction of sp³-hybridized carbons (Fsp3) is 0.562. The molecule has 1 fully saturated rings. The highest BCUT2D eigenvalue weighted by Crippen LogP contribution is 2.43. The van der Waals surface area contributed by atoms with Crippen LogP contribution in [0.2, 0.25) is 0 Å². The largest absolute Gasteiger partial charge is 0.493 e. The third-order valence-corrected chi connectivity index (χ3v) is 4.47. The second kappa shape index (κ2) is 5.43. The summed E-state index contributed by atoms with van der Waals surface area (Å²) in [6, 6.07) is 9.93. The lowest BCUT2D eigenvalue weighted by molar-refractivity contribution is -0.0392. The van der Waals surface area contributed by atoms with E-state index in [1.165, 1.54) is 0 Å². The van der Waals surface area contributed by atoms with Crippen molar-refractivity contribution in [3.05, 3.63) is 29.8 Å². The molecule has 4 nitrogen and oxygen atoms in total. The third-order valence-electron chi connectivity index (χ3n) is 4.47. The first kappa shape index (κ1) is 13.4. The van der Waals surface area contributed by atoms with Gasteiger partial charge in [-0.3, -0.25) is 0 Å². The summed E-state index contributed by atoms with van der Waals surface area (Å²) < 4.78 is 11.1. The van der Waals surface area contributed by atoms with Crippen molar-refractivity contribution >= 4 is 0 Å². The van der Waals surface area contributed by atoms with E-state index in [2.05, 4.69) is 6.07 Å². The number of nitriles is 1. The van der Waals surface area contributed by atoms with Crippen molar-refractivity contribution in [1.29, 1.82) is 5.26 Å². The summed E-state index contributed by atoms with van der Waals surface area (Å²) in [5.74, 6) is 0.741. The summed E-state index contributed by atoms with van der Waals surface area (Å²) >= 11 is 0. The van der Waals surface area contributed by atoms with Crippen LogP contribution in [0.15, 0.2) is 24.3 Å². The van der Waals surface area contributed by atoms with Crippen LogP contribution in [0.4, 0.5) is 0 Å². The first-order valence-corrected chi connectivity index (χ1v) is 7.17. The zero-order valence-electron chi connectivity index (χ0n) is 11.4. The molecule has 4 heteroatoms. The van der Waals surface area contributed by atoms with Crippen LogP contribution in [0.3, 0.4) is 0 Å². The maximum absolute atomic E-state index is 10.8. The van der Waals surface area contributed by atoms with E-state index in [1.54, 1.807) is 0 Å². The van der Waals surface area contributed by atoms with Gasteiger partial charge < -0.3 is 14.6 Å². The second-order valence-electron chi connectivity index (χ2n) is 5.60. The average Bonchev–Trinajstić information content (AvgIpc) is 2.54. The molecule has 20 heavy (non-hydrogen) atoms. The number of ether oxygens (including phenoxy) is 2. The Morgan fingerprint density at radius 3 is 2.95 bits per heavy atom. The molecule has 1 N–H and O–H groups in total. The van der Waals surface area contributed by atoms with E-state index in [-0.39, 0.29) is 5.92 Å². The Hall–Kier alpha value is -1.57. The zero-order valence-corrected chi connectivity index (χ0v) is 11.4. The topological polar surface area (TPSA) is 62.5 Å². The van der Waals surface area contributed by atoms with Gasteiger partial charge in [-0.15, -0.1) is 0 Å². The highest BCUT2D eigenvalue weighted by atomic mass is 16.5. The molecule has 0 radical (unpaired) electrons. The van der Waals surface area contributed by atoms with Crippen molar-refractivity contribution in [3.63, 3.8) is 0 Å². The molecule has 1 aromatic carbocycles. The molecule has 0 spiro atoms. The van der Waals surface area contributed by atoms with Crippen LogP contribution in [0.1, 0.15) is 24.8 Å². The maximum Gasteiger partial charge on any atom is 0.124 e. The summed E-state index contributed by atoms with van der Waals surface area (Å²) in [7, 11) is 0. The van der Waals surface area contributed by atoms with E-state index >= 15 is 0 Å². The molecule has 0 aliphatic carbocycles. The van der Waals surface area contributed by atoms with E-state index in [4.69, 9.17) is 9.47 Å². The fourth-order valence-corrected chi connectivity index (χ4v) is 3.32. The van der Waals surface area contributed by atoms with E-state index < -0.39 is 11.5 Å². The van der Waals surface area contributed by atoms with Gasteiger partial charge in [-0.1, -0.05) is 18.2 Å². The molecule has 3 atom stereocenters. The molecule has 3 rings (SSSR count).